The number of carbonyl (C=O) groups is 1. The van der Waals surface area contributed by atoms with Gasteiger partial charge in [-0.15, -0.1) is 0 Å². The Hall–Kier alpha value is -2.04. The molecule has 2 amide bonds. The van der Waals surface area contributed by atoms with Crippen LogP contribution in [-0.2, 0) is 6.54 Å². The van der Waals surface area contributed by atoms with Crippen molar-refractivity contribution < 1.29 is 9.90 Å². The van der Waals surface area contributed by atoms with Crippen LogP contribution in [0.4, 0.5) is 4.79 Å². The smallest absolute Gasteiger partial charge is 0.318 e. The second kappa shape index (κ2) is 8.56. The minimum Gasteiger partial charge on any atom is -0.395 e. The van der Waals surface area contributed by atoms with Gasteiger partial charge in [-0.05, 0) is 30.2 Å². The van der Waals surface area contributed by atoms with Gasteiger partial charge in [0, 0.05) is 18.1 Å². The zero-order valence-electron chi connectivity index (χ0n) is 13.1. The first-order chi connectivity index (χ1) is 11.1. The Bertz CT molecular complexity index is 634. The van der Waals surface area contributed by atoms with Crippen molar-refractivity contribution in [2.75, 3.05) is 13.2 Å². The number of hydrogen-bond donors (Lipinski definition) is 2. The molecule has 122 valence electrons. The van der Waals surface area contributed by atoms with E-state index >= 15 is 0 Å². The van der Waals surface area contributed by atoms with Crippen LogP contribution < -0.4 is 5.32 Å². The molecule has 5 heteroatoms. The number of hydrogen-bond acceptors (Lipinski definition) is 2. The third-order valence-corrected chi connectivity index (χ3v) is 3.80. The number of halogens is 1. The molecule has 4 nitrogen and oxygen atoms in total. The average molecular weight is 333 g/mol. The summed E-state index contributed by atoms with van der Waals surface area (Å²) in [6.07, 6.45) is 0. The molecular formula is C18H21ClN2O2. The second-order valence-electron chi connectivity index (χ2n) is 5.36. The summed E-state index contributed by atoms with van der Waals surface area (Å²) in [4.78, 5) is 14.1. The van der Waals surface area contributed by atoms with Crippen LogP contribution in [0.1, 0.15) is 24.1 Å². The van der Waals surface area contributed by atoms with E-state index in [9.17, 15) is 9.90 Å². The van der Waals surface area contributed by atoms with Crippen molar-refractivity contribution in [3.8, 4) is 0 Å². The molecule has 2 N–H and O–H groups in total. The van der Waals surface area contributed by atoms with E-state index in [1.54, 1.807) is 11.0 Å². The quantitative estimate of drug-likeness (QED) is 0.849. The Balaban J connectivity index is 2.02. The van der Waals surface area contributed by atoms with Crippen molar-refractivity contribution >= 4 is 17.6 Å². The van der Waals surface area contributed by atoms with E-state index in [4.69, 9.17) is 11.6 Å². The number of urea groups is 1. The second-order valence-corrected chi connectivity index (χ2v) is 5.79. The van der Waals surface area contributed by atoms with Crippen molar-refractivity contribution in [1.82, 2.24) is 10.2 Å². The lowest BCUT2D eigenvalue weighted by atomic mass is 10.1. The Morgan fingerprint density at radius 2 is 1.96 bits per heavy atom. The third kappa shape index (κ3) is 5.27. The lowest BCUT2D eigenvalue weighted by molar-refractivity contribution is 0.171. The highest BCUT2D eigenvalue weighted by Crippen LogP contribution is 2.17. The zero-order chi connectivity index (χ0) is 16.7. The highest BCUT2D eigenvalue weighted by atomic mass is 35.5. The van der Waals surface area contributed by atoms with Gasteiger partial charge < -0.3 is 15.3 Å². The Kier molecular flexibility index (Phi) is 6.44. The topological polar surface area (TPSA) is 52.6 Å². The molecule has 0 saturated heterocycles. The summed E-state index contributed by atoms with van der Waals surface area (Å²) in [5.74, 6) is 0. The third-order valence-electron chi connectivity index (χ3n) is 3.56. The van der Waals surface area contributed by atoms with Gasteiger partial charge >= 0.3 is 6.03 Å². The van der Waals surface area contributed by atoms with Crippen LogP contribution in [0.2, 0.25) is 5.02 Å². The van der Waals surface area contributed by atoms with Crippen LogP contribution in [0.3, 0.4) is 0 Å². The fraction of sp³-hybridized carbons (Fsp3) is 0.278. The monoisotopic (exact) mass is 332 g/mol. The molecule has 23 heavy (non-hydrogen) atoms. The molecule has 0 radical (unpaired) electrons. The maximum absolute atomic E-state index is 12.5. The Morgan fingerprint density at radius 3 is 2.61 bits per heavy atom. The summed E-state index contributed by atoms with van der Waals surface area (Å²) in [6.45, 7) is 2.56. The minimum atomic E-state index is -0.213. The van der Waals surface area contributed by atoms with Gasteiger partial charge in [-0.1, -0.05) is 54.1 Å². The van der Waals surface area contributed by atoms with E-state index in [-0.39, 0.29) is 25.2 Å². The number of carbonyl (C=O) groups excluding carboxylic acids is 1. The van der Waals surface area contributed by atoms with Crippen LogP contribution in [0, 0.1) is 0 Å². The lowest BCUT2D eigenvalue weighted by Gasteiger charge is -2.25. The van der Waals surface area contributed by atoms with Crippen LogP contribution in [0.25, 0.3) is 0 Å². The fourth-order valence-corrected chi connectivity index (χ4v) is 2.51. The van der Waals surface area contributed by atoms with Gasteiger partial charge in [0.2, 0.25) is 0 Å². The van der Waals surface area contributed by atoms with Crippen molar-refractivity contribution in [3.05, 3.63) is 70.7 Å². The number of amides is 2. The highest BCUT2D eigenvalue weighted by molar-refractivity contribution is 6.30. The van der Waals surface area contributed by atoms with Crippen molar-refractivity contribution in [3.63, 3.8) is 0 Å². The molecule has 0 aliphatic heterocycles. The van der Waals surface area contributed by atoms with Crippen molar-refractivity contribution in [2.24, 2.45) is 0 Å². The average Bonchev–Trinajstić information content (AvgIpc) is 2.55. The summed E-state index contributed by atoms with van der Waals surface area (Å²) in [7, 11) is 0. The molecule has 1 atom stereocenters. The van der Waals surface area contributed by atoms with E-state index in [0.29, 0.717) is 11.6 Å². The normalized spacial score (nSPS) is 11.8. The first-order valence-electron chi connectivity index (χ1n) is 7.56. The number of nitrogens with zero attached hydrogens (tertiary/aromatic N) is 1. The lowest BCUT2D eigenvalue weighted by Crippen LogP contribution is -2.42. The van der Waals surface area contributed by atoms with E-state index in [1.807, 2.05) is 55.5 Å². The summed E-state index contributed by atoms with van der Waals surface area (Å²) >= 11 is 5.99. The SMILES string of the molecule is CC(NC(=O)N(CCO)Cc1ccccc1)c1cccc(Cl)c1. The van der Waals surface area contributed by atoms with E-state index in [1.165, 1.54) is 0 Å². The predicted molar refractivity (Wildman–Crippen MR) is 92.3 cm³/mol. The maximum atomic E-state index is 12.5. The van der Waals surface area contributed by atoms with Crippen molar-refractivity contribution in [1.29, 1.82) is 0 Å². The zero-order valence-corrected chi connectivity index (χ0v) is 13.8. The van der Waals surface area contributed by atoms with Crippen LogP contribution >= 0.6 is 11.6 Å². The summed E-state index contributed by atoms with van der Waals surface area (Å²) in [6, 6.07) is 16.7. The Labute approximate surface area is 141 Å². The van der Waals surface area contributed by atoms with Gasteiger partial charge in [-0.2, -0.15) is 0 Å². The largest absolute Gasteiger partial charge is 0.395 e. The van der Waals surface area contributed by atoms with Gasteiger partial charge in [0.25, 0.3) is 0 Å². The number of nitrogens with one attached hydrogen (secondary N) is 1. The van der Waals surface area contributed by atoms with Gasteiger partial charge in [-0.3, -0.25) is 0 Å². The summed E-state index contributed by atoms with van der Waals surface area (Å²) in [5, 5.41) is 12.8. The molecule has 2 rings (SSSR count). The number of benzene rings is 2. The summed E-state index contributed by atoms with van der Waals surface area (Å²) < 4.78 is 0. The molecule has 0 bridgehead atoms. The molecule has 0 aliphatic rings. The highest BCUT2D eigenvalue weighted by Gasteiger charge is 2.16. The minimum absolute atomic E-state index is 0.0776. The van der Waals surface area contributed by atoms with E-state index in [2.05, 4.69) is 5.32 Å². The Morgan fingerprint density at radius 1 is 1.22 bits per heavy atom. The van der Waals surface area contributed by atoms with Crippen LogP contribution in [-0.4, -0.2) is 29.2 Å². The molecule has 1 unspecified atom stereocenters. The molecule has 0 aromatic heterocycles. The molecule has 0 fully saturated rings. The number of aliphatic hydroxyl groups is 1. The maximum Gasteiger partial charge on any atom is 0.318 e. The van der Waals surface area contributed by atoms with Gasteiger partial charge in [0.15, 0.2) is 0 Å². The van der Waals surface area contributed by atoms with E-state index in [0.717, 1.165) is 11.1 Å². The molecule has 0 spiro atoms. The van der Waals surface area contributed by atoms with Crippen LogP contribution in [0.15, 0.2) is 54.6 Å². The summed E-state index contributed by atoms with van der Waals surface area (Å²) in [5.41, 5.74) is 1.96. The molecule has 0 aliphatic carbocycles. The standard InChI is InChI=1S/C18H21ClN2O2/c1-14(16-8-5-9-17(19)12-16)20-18(23)21(10-11-22)13-15-6-3-2-4-7-15/h2-9,12,14,22H,10-11,13H2,1H3,(H,20,23). The molecule has 2 aromatic carbocycles. The fourth-order valence-electron chi connectivity index (χ4n) is 2.31. The van der Waals surface area contributed by atoms with E-state index < -0.39 is 0 Å². The molecule has 0 heterocycles. The number of rotatable bonds is 6. The van der Waals surface area contributed by atoms with Crippen LogP contribution in [0.5, 0.6) is 0 Å². The molecule has 0 saturated carbocycles. The number of aliphatic hydroxyl groups excluding tert-OH is 1. The first-order valence-corrected chi connectivity index (χ1v) is 7.93. The molecule has 2 aromatic rings. The first kappa shape index (κ1) is 17.3. The van der Waals surface area contributed by atoms with Crippen molar-refractivity contribution in [2.45, 2.75) is 19.5 Å². The predicted octanol–water partition coefficient (Wildman–Crippen LogP) is 3.61. The molecular weight excluding hydrogens is 312 g/mol. The van der Waals surface area contributed by atoms with Gasteiger partial charge in [0.05, 0.1) is 12.6 Å². The van der Waals surface area contributed by atoms with Gasteiger partial charge in [-0.25, -0.2) is 4.79 Å². The van der Waals surface area contributed by atoms with Gasteiger partial charge in [0.1, 0.15) is 0 Å².